The summed E-state index contributed by atoms with van der Waals surface area (Å²) in [6.45, 7) is 8.08. The van der Waals surface area contributed by atoms with Crippen LogP contribution in [0.25, 0.3) is 0 Å². The number of benzene rings is 1. The number of nitrogens with one attached hydrogen (secondary N) is 2. The molecule has 1 aromatic carbocycles. The van der Waals surface area contributed by atoms with Crippen LogP contribution >= 0.6 is 0 Å². The molecule has 0 heterocycles. The Hall–Kier alpha value is -2.04. The van der Waals surface area contributed by atoms with Crippen molar-refractivity contribution < 1.29 is 14.3 Å². The summed E-state index contributed by atoms with van der Waals surface area (Å²) in [6, 6.07) is 5.22. The summed E-state index contributed by atoms with van der Waals surface area (Å²) in [4.78, 5) is 23.4. The van der Waals surface area contributed by atoms with Crippen LogP contribution in [0, 0.1) is 13.8 Å². The summed E-state index contributed by atoms with van der Waals surface area (Å²) in [5, 5.41) is 5.34. The van der Waals surface area contributed by atoms with Crippen molar-refractivity contribution in [3.8, 4) is 5.75 Å². The highest BCUT2D eigenvalue weighted by atomic mass is 16.5. The fourth-order valence-corrected chi connectivity index (χ4v) is 1.92. The van der Waals surface area contributed by atoms with Crippen LogP contribution in [0.1, 0.15) is 31.4 Å². The van der Waals surface area contributed by atoms with Gasteiger partial charge in [-0.1, -0.05) is 13.0 Å². The number of aryl methyl sites for hydroxylation is 2. The Morgan fingerprint density at radius 3 is 2.38 bits per heavy atom. The van der Waals surface area contributed by atoms with Crippen molar-refractivity contribution in [3.05, 3.63) is 29.3 Å². The van der Waals surface area contributed by atoms with Gasteiger partial charge in [0, 0.05) is 6.54 Å². The van der Waals surface area contributed by atoms with Gasteiger partial charge in [0.05, 0.1) is 0 Å². The van der Waals surface area contributed by atoms with E-state index in [0.29, 0.717) is 12.3 Å². The Morgan fingerprint density at radius 1 is 1.19 bits per heavy atom. The van der Waals surface area contributed by atoms with Gasteiger partial charge in [-0.25, -0.2) is 0 Å². The van der Waals surface area contributed by atoms with Crippen LogP contribution in [-0.4, -0.2) is 31.0 Å². The fraction of sp³-hybridized carbons (Fsp3) is 0.500. The van der Waals surface area contributed by atoms with Gasteiger partial charge in [0.15, 0.2) is 6.61 Å². The molecule has 1 rings (SSSR count). The second-order valence-corrected chi connectivity index (χ2v) is 5.19. The third kappa shape index (κ3) is 6.29. The normalized spacial score (nSPS) is 11.6. The molecule has 2 amide bonds. The molecule has 0 saturated carbocycles. The number of ether oxygens (including phenoxy) is 1. The Morgan fingerprint density at radius 2 is 1.81 bits per heavy atom. The summed E-state index contributed by atoms with van der Waals surface area (Å²) in [7, 11) is 0. The first-order valence-corrected chi connectivity index (χ1v) is 7.20. The lowest BCUT2D eigenvalue weighted by atomic mass is 10.1. The molecule has 5 heteroatoms. The lowest BCUT2D eigenvalue weighted by Gasteiger charge is -2.14. The first-order valence-electron chi connectivity index (χ1n) is 7.20. The number of carbonyl (C=O) groups excluding carboxylic acids is 2. The molecule has 0 aromatic heterocycles. The Bertz CT molecular complexity index is 480. The van der Waals surface area contributed by atoms with E-state index in [0.717, 1.165) is 17.5 Å². The predicted molar refractivity (Wildman–Crippen MR) is 82.3 cm³/mol. The van der Waals surface area contributed by atoms with Crippen LogP contribution < -0.4 is 15.4 Å². The molecule has 1 aromatic rings. The van der Waals surface area contributed by atoms with Crippen molar-refractivity contribution in [3.63, 3.8) is 0 Å². The molecule has 0 bridgehead atoms. The van der Waals surface area contributed by atoms with E-state index in [4.69, 9.17) is 4.74 Å². The minimum Gasteiger partial charge on any atom is -0.484 e. The molecule has 116 valence electrons. The van der Waals surface area contributed by atoms with E-state index in [2.05, 4.69) is 10.6 Å². The second-order valence-electron chi connectivity index (χ2n) is 5.19. The van der Waals surface area contributed by atoms with Crippen molar-refractivity contribution in [2.24, 2.45) is 0 Å². The molecule has 0 aliphatic heterocycles. The molecule has 0 aliphatic carbocycles. The molecule has 2 N–H and O–H groups in total. The van der Waals surface area contributed by atoms with Crippen LogP contribution in [0.15, 0.2) is 18.2 Å². The van der Waals surface area contributed by atoms with Gasteiger partial charge in [-0.15, -0.1) is 0 Å². The van der Waals surface area contributed by atoms with Crippen LogP contribution in [0.4, 0.5) is 0 Å². The van der Waals surface area contributed by atoms with Crippen LogP contribution in [0.5, 0.6) is 5.75 Å². The number of rotatable bonds is 7. The lowest BCUT2D eigenvalue weighted by molar-refractivity contribution is -0.129. The first kappa shape index (κ1) is 17.0. The zero-order valence-electron chi connectivity index (χ0n) is 13.2. The van der Waals surface area contributed by atoms with E-state index in [9.17, 15) is 9.59 Å². The molecule has 0 fully saturated rings. The van der Waals surface area contributed by atoms with Crippen molar-refractivity contribution in [1.82, 2.24) is 10.6 Å². The van der Waals surface area contributed by atoms with Crippen molar-refractivity contribution >= 4 is 11.8 Å². The van der Waals surface area contributed by atoms with Crippen LogP contribution in [0.2, 0.25) is 0 Å². The third-order valence-corrected chi connectivity index (χ3v) is 2.89. The molecular formula is C16H24N2O3. The van der Waals surface area contributed by atoms with Gasteiger partial charge in [-0.05, 0) is 50.5 Å². The topological polar surface area (TPSA) is 67.4 Å². The van der Waals surface area contributed by atoms with E-state index in [1.807, 2.05) is 39.0 Å². The summed E-state index contributed by atoms with van der Waals surface area (Å²) >= 11 is 0. The maximum absolute atomic E-state index is 11.8. The average Bonchev–Trinajstić information content (AvgIpc) is 2.41. The SMILES string of the molecule is CCCNC(=O)[C@H](C)NC(=O)COc1cc(C)cc(C)c1. The fourth-order valence-electron chi connectivity index (χ4n) is 1.92. The summed E-state index contributed by atoms with van der Waals surface area (Å²) in [5.41, 5.74) is 2.16. The minimum atomic E-state index is -0.563. The highest BCUT2D eigenvalue weighted by molar-refractivity contribution is 5.87. The number of carbonyl (C=O) groups is 2. The number of amides is 2. The van der Waals surface area contributed by atoms with Gasteiger partial charge in [-0.2, -0.15) is 0 Å². The van der Waals surface area contributed by atoms with E-state index >= 15 is 0 Å². The average molecular weight is 292 g/mol. The Balaban J connectivity index is 2.41. The molecular weight excluding hydrogens is 268 g/mol. The van der Waals surface area contributed by atoms with E-state index < -0.39 is 6.04 Å². The zero-order chi connectivity index (χ0) is 15.8. The predicted octanol–water partition coefficient (Wildman–Crippen LogP) is 1.71. The highest BCUT2D eigenvalue weighted by Crippen LogP contribution is 2.15. The number of hydrogen-bond donors (Lipinski definition) is 2. The van der Waals surface area contributed by atoms with Crippen molar-refractivity contribution in [2.75, 3.05) is 13.2 Å². The van der Waals surface area contributed by atoms with E-state index in [1.165, 1.54) is 0 Å². The summed E-state index contributed by atoms with van der Waals surface area (Å²) in [5.74, 6) is 0.163. The van der Waals surface area contributed by atoms with Gasteiger partial charge in [0.1, 0.15) is 11.8 Å². The first-order chi connectivity index (χ1) is 9.92. The Labute approximate surface area is 126 Å². The van der Waals surface area contributed by atoms with Gasteiger partial charge in [0.2, 0.25) is 5.91 Å². The molecule has 0 radical (unpaired) electrons. The number of hydrogen-bond acceptors (Lipinski definition) is 3. The quantitative estimate of drug-likeness (QED) is 0.804. The lowest BCUT2D eigenvalue weighted by Crippen LogP contribution is -2.46. The van der Waals surface area contributed by atoms with Crippen LogP contribution in [-0.2, 0) is 9.59 Å². The molecule has 0 aliphatic rings. The Kier molecular flexibility index (Phi) is 6.72. The molecule has 1 atom stereocenters. The van der Waals surface area contributed by atoms with Crippen LogP contribution in [0.3, 0.4) is 0 Å². The molecule has 5 nitrogen and oxygen atoms in total. The third-order valence-electron chi connectivity index (χ3n) is 2.89. The minimum absolute atomic E-state index is 0.103. The molecule has 21 heavy (non-hydrogen) atoms. The second kappa shape index (κ2) is 8.29. The maximum Gasteiger partial charge on any atom is 0.258 e. The van der Waals surface area contributed by atoms with E-state index in [1.54, 1.807) is 6.92 Å². The van der Waals surface area contributed by atoms with E-state index in [-0.39, 0.29) is 18.4 Å². The van der Waals surface area contributed by atoms with Crippen molar-refractivity contribution in [2.45, 2.75) is 40.2 Å². The largest absolute Gasteiger partial charge is 0.484 e. The summed E-state index contributed by atoms with van der Waals surface area (Å²) < 4.78 is 5.45. The van der Waals surface area contributed by atoms with Gasteiger partial charge < -0.3 is 15.4 Å². The van der Waals surface area contributed by atoms with Gasteiger partial charge >= 0.3 is 0 Å². The summed E-state index contributed by atoms with van der Waals surface area (Å²) in [6.07, 6.45) is 0.863. The highest BCUT2D eigenvalue weighted by Gasteiger charge is 2.15. The van der Waals surface area contributed by atoms with Gasteiger partial charge in [0.25, 0.3) is 5.91 Å². The van der Waals surface area contributed by atoms with Crippen molar-refractivity contribution in [1.29, 1.82) is 0 Å². The zero-order valence-corrected chi connectivity index (χ0v) is 13.2. The standard InChI is InChI=1S/C16H24N2O3/c1-5-6-17-16(20)13(4)18-15(19)10-21-14-8-11(2)7-12(3)9-14/h7-9,13H,5-6,10H2,1-4H3,(H,17,20)(H,18,19)/t13-/m0/s1. The smallest absolute Gasteiger partial charge is 0.258 e. The monoisotopic (exact) mass is 292 g/mol. The van der Waals surface area contributed by atoms with Gasteiger partial charge in [-0.3, -0.25) is 9.59 Å². The maximum atomic E-state index is 11.8. The molecule has 0 spiro atoms. The molecule has 0 unspecified atom stereocenters. The molecule has 0 saturated heterocycles.